The fourth-order valence-electron chi connectivity index (χ4n) is 1.03. The van der Waals surface area contributed by atoms with Gasteiger partial charge < -0.3 is 5.32 Å². The van der Waals surface area contributed by atoms with E-state index in [4.69, 9.17) is 0 Å². The first-order valence-electron chi connectivity index (χ1n) is 4.70. The minimum Gasteiger partial charge on any atom is -0.309 e. The lowest BCUT2D eigenvalue weighted by molar-refractivity contribution is 0.589. The Labute approximate surface area is 94.5 Å². The summed E-state index contributed by atoms with van der Waals surface area (Å²) in [7, 11) is 0. The molecule has 0 aliphatic heterocycles. The van der Waals surface area contributed by atoms with Crippen LogP contribution in [0.4, 0.5) is 0 Å². The van der Waals surface area contributed by atoms with Crippen LogP contribution in [0.1, 0.15) is 24.5 Å². The van der Waals surface area contributed by atoms with Crippen molar-refractivity contribution in [2.45, 2.75) is 32.1 Å². The summed E-state index contributed by atoms with van der Waals surface area (Å²) in [5.74, 6) is 0. The van der Waals surface area contributed by atoms with Crippen molar-refractivity contribution in [3.8, 4) is 0 Å². The highest BCUT2D eigenvalue weighted by Crippen LogP contribution is 2.19. The molecule has 1 aromatic heterocycles. The highest BCUT2D eigenvalue weighted by molar-refractivity contribution is 7.99. The van der Waals surface area contributed by atoms with Gasteiger partial charge in [0.15, 0.2) is 0 Å². The predicted molar refractivity (Wildman–Crippen MR) is 66.2 cm³/mol. The smallest absolute Gasteiger partial charge is 0.107 e. The van der Waals surface area contributed by atoms with Crippen LogP contribution in [0.2, 0.25) is 0 Å². The van der Waals surface area contributed by atoms with Gasteiger partial charge in [-0.3, -0.25) is 0 Å². The molecule has 0 radical (unpaired) electrons. The molecule has 0 amide bonds. The minimum atomic E-state index is 0.312. The van der Waals surface area contributed by atoms with E-state index >= 15 is 0 Å². The van der Waals surface area contributed by atoms with Crippen molar-refractivity contribution in [1.82, 2.24) is 10.3 Å². The van der Waals surface area contributed by atoms with E-state index in [2.05, 4.69) is 35.8 Å². The van der Waals surface area contributed by atoms with Gasteiger partial charge in [-0.15, -0.1) is 11.3 Å². The van der Waals surface area contributed by atoms with Gasteiger partial charge in [0.2, 0.25) is 0 Å². The zero-order valence-corrected chi connectivity index (χ0v) is 10.9. The average Bonchev–Trinajstić information content (AvgIpc) is 2.51. The van der Waals surface area contributed by atoms with E-state index in [1.54, 1.807) is 11.3 Å². The fourth-order valence-corrected chi connectivity index (χ4v) is 2.01. The van der Waals surface area contributed by atoms with E-state index in [-0.39, 0.29) is 0 Å². The quantitative estimate of drug-likeness (QED) is 0.842. The number of thioether (sulfide) groups is 1. The van der Waals surface area contributed by atoms with Crippen LogP contribution in [0, 0.1) is 6.92 Å². The Bertz CT molecular complexity index is 281. The Morgan fingerprint density at radius 1 is 1.57 bits per heavy atom. The summed E-state index contributed by atoms with van der Waals surface area (Å²) in [4.78, 5) is 4.41. The standard InChI is InChI=1S/C10H18N2S2/c1-8-6-14-9(12-8)5-11-7-10(2,3)13-4/h6,11H,5,7H2,1-4H3. The topological polar surface area (TPSA) is 24.9 Å². The average molecular weight is 230 g/mol. The molecule has 0 aliphatic carbocycles. The van der Waals surface area contributed by atoms with Crippen molar-refractivity contribution < 1.29 is 0 Å². The van der Waals surface area contributed by atoms with Crippen LogP contribution in [-0.2, 0) is 6.54 Å². The largest absolute Gasteiger partial charge is 0.309 e. The summed E-state index contributed by atoms with van der Waals surface area (Å²) in [5, 5.41) is 6.71. The molecule has 0 saturated carbocycles. The predicted octanol–water partition coefficient (Wildman–Crippen LogP) is 2.68. The van der Waals surface area contributed by atoms with Crippen molar-refractivity contribution in [2.75, 3.05) is 12.8 Å². The molecule has 1 rings (SSSR count). The lowest BCUT2D eigenvalue weighted by Gasteiger charge is -2.21. The van der Waals surface area contributed by atoms with Crippen LogP contribution in [0.25, 0.3) is 0 Å². The second-order valence-electron chi connectivity index (χ2n) is 3.95. The molecule has 0 saturated heterocycles. The molecular weight excluding hydrogens is 212 g/mol. The third kappa shape index (κ3) is 3.98. The number of nitrogens with zero attached hydrogens (tertiary/aromatic N) is 1. The lowest BCUT2D eigenvalue weighted by Crippen LogP contribution is -2.31. The summed E-state index contributed by atoms with van der Waals surface area (Å²) in [6.07, 6.45) is 2.15. The van der Waals surface area contributed by atoms with Crippen LogP contribution in [0.5, 0.6) is 0 Å². The molecule has 0 aliphatic rings. The molecule has 0 aromatic carbocycles. The molecule has 2 nitrogen and oxygen atoms in total. The van der Waals surface area contributed by atoms with E-state index in [0.717, 1.165) is 18.8 Å². The van der Waals surface area contributed by atoms with Crippen molar-refractivity contribution in [3.05, 3.63) is 16.1 Å². The van der Waals surface area contributed by atoms with Gasteiger partial charge in [0.05, 0.1) is 0 Å². The Morgan fingerprint density at radius 3 is 2.79 bits per heavy atom. The first-order chi connectivity index (χ1) is 6.53. The third-order valence-electron chi connectivity index (χ3n) is 2.05. The van der Waals surface area contributed by atoms with Gasteiger partial charge in [0, 0.05) is 28.9 Å². The molecule has 0 unspecified atom stereocenters. The van der Waals surface area contributed by atoms with Crippen LogP contribution < -0.4 is 5.32 Å². The zero-order valence-electron chi connectivity index (χ0n) is 9.26. The van der Waals surface area contributed by atoms with Gasteiger partial charge in [-0.25, -0.2) is 4.98 Å². The Balaban J connectivity index is 2.28. The van der Waals surface area contributed by atoms with Crippen molar-refractivity contribution >= 4 is 23.1 Å². The maximum Gasteiger partial charge on any atom is 0.107 e. The van der Waals surface area contributed by atoms with Crippen LogP contribution in [0.15, 0.2) is 5.38 Å². The molecule has 0 fully saturated rings. The number of nitrogens with one attached hydrogen (secondary N) is 1. The SMILES string of the molecule is CSC(C)(C)CNCc1nc(C)cs1. The van der Waals surface area contributed by atoms with Gasteiger partial charge in [-0.2, -0.15) is 11.8 Å². The van der Waals surface area contributed by atoms with E-state index in [9.17, 15) is 0 Å². The summed E-state index contributed by atoms with van der Waals surface area (Å²) in [6, 6.07) is 0. The molecule has 14 heavy (non-hydrogen) atoms. The monoisotopic (exact) mass is 230 g/mol. The number of aryl methyl sites for hydroxylation is 1. The molecule has 0 spiro atoms. The van der Waals surface area contributed by atoms with Crippen molar-refractivity contribution in [3.63, 3.8) is 0 Å². The number of hydrogen-bond donors (Lipinski definition) is 1. The highest BCUT2D eigenvalue weighted by Gasteiger charge is 2.14. The van der Waals surface area contributed by atoms with E-state index < -0.39 is 0 Å². The molecule has 1 N–H and O–H groups in total. The molecule has 4 heteroatoms. The van der Waals surface area contributed by atoms with Crippen LogP contribution in [0.3, 0.4) is 0 Å². The van der Waals surface area contributed by atoms with Gasteiger partial charge in [-0.05, 0) is 27.0 Å². The first kappa shape index (κ1) is 12.0. The maximum atomic E-state index is 4.41. The van der Waals surface area contributed by atoms with Gasteiger partial charge in [0.25, 0.3) is 0 Å². The van der Waals surface area contributed by atoms with Crippen LogP contribution in [-0.4, -0.2) is 22.5 Å². The van der Waals surface area contributed by atoms with Crippen molar-refractivity contribution in [2.24, 2.45) is 0 Å². The number of aromatic nitrogens is 1. The number of thiazole rings is 1. The van der Waals surface area contributed by atoms with Gasteiger partial charge in [0.1, 0.15) is 5.01 Å². The second-order valence-corrected chi connectivity index (χ2v) is 6.41. The fraction of sp³-hybridized carbons (Fsp3) is 0.700. The Kier molecular flexibility index (Phi) is 4.41. The second kappa shape index (κ2) is 5.14. The molecular formula is C10H18N2S2. The van der Waals surface area contributed by atoms with Gasteiger partial charge >= 0.3 is 0 Å². The van der Waals surface area contributed by atoms with E-state index in [1.807, 2.05) is 18.7 Å². The highest BCUT2D eigenvalue weighted by atomic mass is 32.2. The normalized spacial score (nSPS) is 12.0. The Hall–Kier alpha value is -0.0600. The molecule has 1 aromatic rings. The minimum absolute atomic E-state index is 0.312. The molecule has 1 heterocycles. The summed E-state index contributed by atoms with van der Waals surface area (Å²) < 4.78 is 0.312. The summed E-state index contributed by atoms with van der Waals surface area (Å²) >= 11 is 3.62. The molecule has 0 atom stereocenters. The number of hydrogen-bond acceptors (Lipinski definition) is 4. The zero-order chi connectivity index (χ0) is 10.6. The van der Waals surface area contributed by atoms with E-state index in [0.29, 0.717) is 4.75 Å². The first-order valence-corrected chi connectivity index (χ1v) is 6.81. The maximum absolute atomic E-state index is 4.41. The van der Waals surface area contributed by atoms with Gasteiger partial charge in [-0.1, -0.05) is 0 Å². The number of rotatable bonds is 5. The lowest BCUT2D eigenvalue weighted by atomic mass is 10.2. The Morgan fingerprint density at radius 2 is 2.29 bits per heavy atom. The summed E-state index contributed by atoms with van der Waals surface area (Å²) in [6.45, 7) is 8.44. The molecule has 0 bridgehead atoms. The van der Waals surface area contributed by atoms with Crippen LogP contribution >= 0.6 is 23.1 Å². The van der Waals surface area contributed by atoms with E-state index in [1.165, 1.54) is 5.01 Å². The molecule has 80 valence electrons. The third-order valence-corrected chi connectivity index (χ3v) is 4.26. The van der Waals surface area contributed by atoms with Crippen molar-refractivity contribution in [1.29, 1.82) is 0 Å². The summed E-state index contributed by atoms with van der Waals surface area (Å²) in [5.41, 5.74) is 1.12.